The van der Waals surface area contributed by atoms with Crippen LogP contribution >= 0.6 is 0 Å². The Bertz CT molecular complexity index is 333. The van der Waals surface area contributed by atoms with Gasteiger partial charge < -0.3 is 10.5 Å². The molecule has 0 fully saturated rings. The van der Waals surface area contributed by atoms with Crippen LogP contribution < -0.4 is 10.5 Å². The van der Waals surface area contributed by atoms with E-state index >= 15 is 0 Å². The molecule has 0 atom stereocenters. The Morgan fingerprint density at radius 2 is 1.82 bits per heavy atom. The summed E-state index contributed by atoms with van der Waals surface area (Å²) in [7, 11) is 1.71. The first-order valence-corrected chi connectivity index (χ1v) is 6.36. The molecule has 0 aromatic heterocycles. The van der Waals surface area contributed by atoms with E-state index in [1.165, 1.54) is 18.4 Å². The Morgan fingerprint density at radius 3 is 2.35 bits per heavy atom. The van der Waals surface area contributed by atoms with E-state index in [1.54, 1.807) is 7.11 Å². The predicted molar refractivity (Wildman–Crippen MR) is 73.3 cm³/mol. The number of hydrogen-bond acceptors (Lipinski definition) is 3. The fourth-order valence-electron chi connectivity index (χ4n) is 2.07. The van der Waals surface area contributed by atoms with Gasteiger partial charge in [-0.3, -0.25) is 4.90 Å². The second kappa shape index (κ2) is 7.17. The van der Waals surface area contributed by atoms with Gasteiger partial charge in [-0.15, -0.1) is 0 Å². The summed E-state index contributed by atoms with van der Waals surface area (Å²) in [6, 6.07) is 5.84. The Hall–Kier alpha value is -1.22. The van der Waals surface area contributed by atoms with E-state index in [9.17, 15) is 0 Å². The van der Waals surface area contributed by atoms with Crippen LogP contribution in [0.3, 0.4) is 0 Å². The Balaban J connectivity index is 2.79. The fraction of sp³-hybridized carbons (Fsp3) is 0.571. The number of nitrogens with zero attached hydrogens (tertiary/aromatic N) is 1. The highest BCUT2D eigenvalue weighted by Crippen LogP contribution is 2.22. The quantitative estimate of drug-likeness (QED) is 0.740. The third-order valence-corrected chi connectivity index (χ3v) is 2.78. The largest absolute Gasteiger partial charge is 0.496 e. The van der Waals surface area contributed by atoms with Crippen molar-refractivity contribution >= 4 is 5.69 Å². The summed E-state index contributed by atoms with van der Waals surface area (Å²) in [5.74, 6) is 0.927. The van der Waals surface area contributed by atoms with Gasteiger partial charge in [0.25, 0.3) is 0 Å². The molecule has 0 heterocycles. The summed E-state index contributed by atoms with van der Waals surface area (Å²) in [5, 5.41) is 0. The first-order chi connectivity index (χ1) is 8.21. The number of nitrogens with two attached hydrogens (primary N) is 1. The maximum atomic E-state index is 5.83. The number of rotatable bonds is 7. The number of methoxy groups -OCH3 is 1. The third-order valence-electron chi connectivity index (χ3n) is 2.78. The van der Waals surface area contributed by atoms with Crippen molar-refractivity contribution in [2.75, 3.05) is 25.9 Å². The topological polar surface area (TPSA) is 38.5 Å². The van der Waals surface area contributed by atoms with Crippen LogP contribution in [0.4, 0.5) is 5.69 Å². The molecule has 3 heteroatoms. The highest BCUT2D eigenvalue weighted by atomic mass is 16.5. The first kappa shape index (κ1) is 13.8. The molecule has 0 unspecified atom stereocenters. The van der Waals surface area contributed by atoms with E-state index in [4.69, 9.17) is 10.5 Å². The smallest absolute Gasteiger partial charge is 0.123 e. The molecule has 0 bridgehead atoms. The molecule has 17 heavy (non-hydrogen) atoms. The lowest BCUT2D eigenvalue weighted by Crippen LogP contribution is -2.25. The van der Waals surface area contributed by atoms with Crippen molar-refractivity contribution in [2.24, 2.45) is 0 Å². The summed E-state index contributed by atoms with van der Waals surface area (Å²) < 4.78 is 5.38. The molecule has 0 aliphatic carbocycles. The lowest BCUT2D eigenvalue weighted by atomic mass is 10.1. The molecule has 1 aromatic carbocycles. The minimum absolute atomic E-state index is 0.800. The minimum atomic E-state index is 0.800. The highest BCUT2D eigenvalue weighted by molar-refractivity contribution is 5.47. The van der Waals surface area contributed by atoms with Gasteiger partial charge in [-0.05, 0) is 44.1 Å². The molecule has 0 aliphatic rings. The summed E-state index contributed by atoms with van der Waals surface area (Å²) in [6.07, 6.45) is 2.34. The van der Waals surface area contributed by atoms with Crippen molar-refractivity contribution in [3.05, 3.63) is 23.8 Å². The van der Waals surface area contributed by atoms with E-state index in [2.05, 4.69) is 18.7 Å². The second-order valence-electron chi connectivity index (χ2n) is 4.35. The van der Waals surface area contributed by atoms with Crippen LogP contribution in [0.15, 0.2) is 18.2 Å². The van der Waals surface area contributed by atoms with Crippen molar-refractivity contribution in [3.63, 3.8) is 0 Å². The van der Waals surface area contributed by atoms with E-state index in [-0.39, 0.29) is 0 Å². The van der Waals surface area contributed by atoms with Crippen LogP contribution in [0.2, 0.25) is 0 Å². The summed E-state index contributed by atoms with van der Waals surface area (Å²) >= 11 is 0. The molecular formula is C14H24N2O. The summed E-state index contributed by atoms with van der Waals surface area (Å²) in [6.45, 7) is 7.56. The lowest BCUT2D eigenvalue weighted by molar-refractivity contribution is 0.262. The van der Waals surface area contributed by atoms with Crippen LogP contribution in [0.1, 0.15) is 32.3 Å². The Kier molecular flexibility index (Phi) is 5.84. The average Bonchev–Trinajstić information content (AvgIpc) is 2.30. The lowest BCUT2D eigenvalue weighted by Gasteiger charge is -2.22. The number of benzene rings is 1. The van der Waals surface area contributed by atoms with Crippen molar-refractivity contribution in [1.29, 1.82) is 0 Å². The second-order valence-corrected chi connectivity index (χ2v) is 4.35. The van der Waals surface area contributed by atoms with Gasteiger partial charge in [0.2, 0.25) is 0 Å². The molecule has 0 saturated carbocycles. The molecule has 0 spiro atoms. The number of nitrogen functional groups attached to an aromatic ring is 1. The molecule has 2 N–H and O–H groups in total. The molecular weight excluding hydrogens is 212 g/mol. The van der Waals surface area contributed by atoms with Crippen molar-refractivity contribution in [3.8, 4) is 5.75 Å². The Labute approximate surface area is 105 Å². The molecule has 1 aromatic rings. The van der Waals surface area contributed by atoms with Gasteiger partial charge in [0.05, 0.1) is 7.11 Å². The van der Waals surface area contributed by atoms with Gasteiger partial charge in [-0.2, -0.15) is 0 Å². The Morgan fingerprint density at radius 1 is 1.18 bits per heavy atom. The molecule has 96 valence electrons. The maximum Gasteiger partial charge on any atom is 0.123 e. The normalized spacial score (nSPS) is 10.8. The zero-order chi connectivity index (χ0) is 12.7. The van der Waals surface area contributed by atoms with E-state index in [0.717, 1.165) is 31.1 Å². The highest BCUT2D eigenvalue weighted by Gasteiger charge is 2.08. The van der Waals surface area contributed by atoms with Crippen molar-refractivity contribution in [2.45, 2.75) is 33.2 Å². The predicted octanol–water partition coefficient (Wildman–Crippen LogP) is 2.90. The van der Waals surface area contributed by atoms with Gasteiger partial charge in [0.1, 0.15) is 5.75 Å². The first-order valence-electron chi connectivity index (χ1n) is 6.36. The van der Waals surface area contributed by atoms with Crippen LogP contribution in [0.25, 0.3) is 0 Å². The van der Waals surface area contributed by atoms with Gasteiger partial charge in [-0.1, -0.05) is 13.8 Å². The molecule has 0 aliphatic heterocycles. The SMILES string of the molecule is CCCN(CCC)Cc1cc(N)ccc1OC. The average molecular weight is 236 g/mol. The summed E-state index contributed by atoms with van der Waals surface area (Å²) in [5.41, 5.74) is 7.81. The monoisotopic (exact) mass is 236 g/mol. The van der Waals surface area contributed by atoms with Crippen LogP contribution in [0.5, 0.6) is 5.75 Å². The van der Waals surface area contributed by atoms with E-state index in [0.29, 0.717) is 0 Å². The van der Waals surface area contributed by atoms with Crippen LogP contribution in [-0.2, 0) is 6.54 Å². The van der Waals surface area contributed by atoms with Crippen LogP contribution in [0, 0.1) is 0 Å². The molecule has 3 nitrogen and oxygen atoms in total. The fourth-order valence-corrected chi connectivity index (χ4v) is 2.07. The standard InChI is InChI=1S/C14H24N2O/c1-4-8-16(9-5-2)11-12-10-13(15)6-7-14(12)17-3/h6-7,10H,4-5,8-9,11,15H2,1-3H3. The van der Waals surface area contributed by atoms with Crippen molar-refractivity contribution in [1.82, 2.24) is 4.90 Å². The van der Waals surface area contributed by atoms with Crippen LogP contribution in [-0.4, -0.2) is 25.1 Å². The minimum Gasteiger partial charge on any atom is -0.496 e. The van der Waals surface area contributed by atoms with Crippen molar-refractivity contribution < 1.29 is 4.74 Å². The van der Waals surface area contributed by atoms with E-state index in [1.807, 2.05) is 18.2 Å². The number of anilines is 1. The maximum absolute atomic E-state index is 5.83. The zero-order valence-electron chi connectivity index (χ0n) is 11.2. The zero-order valence-corrected chi connectivity index (χ0v) is 11.2. The van der Waals surface area contributed by atoms with E-state index < -0.39 is 0 Å². The summed E-state index contributed by atoms with van der Waals surface area (Å²) in [4.78, 5) is 2.44. The van der Waals surface area contributed by atoms with Gasteiger partial charge in [0.15, 0.2) is 0 Å². The number of ether oxygens (including phenoxy) is 1. The molecule has 0 saturated heterocycles. The molecule has 0 amide bonds. The number of hydrogen-bond donors (Lipinski definition) is 1. The van der Waals surface area contributed by atoms with Gasteiger partial charge in [0, 0.05) is 17.8 Å². The third kappa shape index (κ3) is 4.27. The van der Waals surface area contributed by atoms with Gasteiger partial charge >= 0.3 is 0 Å². The molecule has 1 rings (SSSR count). The molecule has 0 radical (unpaired) electrons. The van der Waals surface area contributed by atoms with Gasteiger partial charge in [-0.25, -0.2) is 0 Å².